The van der Waals surface area contributed by atoms with Crippen LogP contribution in [0.5, 0.6) is 11.5 Å². The minimum atomic E-state index is -4.51. The number of nitrogens with zero attached hydrogens (tertiary/aromatic N) is 6. The number of H-pyrrole nitrogens is 2. The van der Waals surface area contributed by atoms with Crippen LogP contribution in [0.4, 0.5) is 13.2 Å². The summed E-state index contributed by atoms with van der Waals surface area (Å²) in [6.07, 6.45) is 1.15. The second-order valence-corrected chi connectivity index (χ2v) is 12.7. The molecular weight excluding hydrogens is 621 g/mol. The maximum atomic E-state index is 14.2. The molecule has 0 aliphatic carbocycles. The van der Waals surface area contributed by atoms with Crippen molar-refractivity contribution >= 4 is 16.9 Å². The smallest absolute Gasteiger partial charge is 0.416 e. The second kappa shape index (κ2) is 13.0. The number of ether oxygens (including phenoxy) is 1. The topological polar surface area (TPSA) is 106 Å². The van der Waals surface area contributed by atoms with Crippen molar-refractivity contribution in [2.24, 2.45) is 0 Å². The lowest BCUT2D eigenvalue weighted by Gasteiger charge is -2.34. The number of likely N-dealkylation sites (N-methyl/N-ethyl adjacent to an activating group) is 1. The predicted molar refractivity (Wildman–Crippen MR) is 174 cm³/mol. The Bertz CT molecular complexity index is 1910. The van der Waals surface area contributed by atoms with E-state index in [4.69, 9.17) is 9.72 Å². The Labute approximate surface area is 275 Å². The summed E-state index contributed by atoms with van der Waals surface area (Å²) in [4.78, 5) is 32.0. The Morgan fingerprint density at radius 3 is 2.60 bits per heavy atom. The van der Waals surface area contributed by atoms with Gasteiger partial charge in [0.05, 0.1) is 40.6 Å². The molecule has 1 fully saturated rings. The van der Waals surface area contributed by atoms with Gasteiger partial charge in [0.1, 0.15) is 17.1 Å². The number of hydrogen-bond acceptors (Lipinski definition) is 7. The summed E-state index contributed by atoms with van der Waals surface area (Å²) in [5.41, 5.74) is 3.99. The van der Waals surface area contributed by atoms with Gasteiger partial charge in [0.15, 0.2) is 0 Å². The van der Waals surface area contributed by atoms with E-state index in [-0.39, 0.29) is 30.4 Å². The average molecular weight is 659 g/mol. The van der Waals surface area contributed by atoms with Crippen LogP contribution in [-0.2, 0) is 30.5 Å². The molecular formula is C35H37F3N8O2. The van der Waals surface area contributed by atoms with Crippen LogP contribution in [0, 0.1) is 0 Å². The third-order valence-electron chi connectivity index (χ3n) is 9.35. The fraction of sp³-hybridized carbons (Fsp3) is 0.371. The molecule has 4 aromatic heterocycles. The van der Waals surface area contributed by atoms with Crippen molar-refractivity contribution in [1.29, 1.82) is 0 Å². The van der Waals surface area contributed by atoms with Crippen LogP contribution >= 0.6 is 0 Å². The summed E-state index contributed by atoms with van der Waals surface area (Å²) < 4.78 is 48.9. The number of amides is 1. The second-order valence-electron chi connectivity index (χ2n) is 12.7. The molecule has 250 valence electrons. The molecule has 0 radical (unpaired) electrons. The predicted octanol–water partition coefficient (Wildman–Crippen LogP) is 5.99. The highest BCUT2D eigenvalue weighted by Crippen LogP contribution is 2.37. The quantitative estimate of drug-likeness (QED) is 0.211. The van der Waals surface area contributed by atoms with Crippen LogP contribution in [0.25, 0.3) is 22.4 Å². The normalized spacial score (nSPS) is 17.5. The van der Waals surface area contributed by atoms with Crippen LogP contribution in [0.1, 0.15) is 47.2 Å². The van der Waals surface area contributed by atoms with Crippen molar-refractivity contribution in [2.45, 2.75) is 44.9 Å². The first-order valence-corrected chi connectivity index (χ1v) is 16.2. The number of piperazine rings is 1. The van der Waals surface area contributed by atoms with E-state index in [1.807, 2.05) is 37.1 Å². The van der Waals surface area contributed by atoms with Crippen LogP contribution in [0.15, 0.2) is 61.1 Å². The SMILES string of the molecule is CC[C@H]1CN(C(=O)Cc2ccc(CN3CCN(C)CC3)c(C(F)(F)F)c2)Cc2cc(Oc3ccnc4[nH]c(-c5ccn[nH]5)cc34)cnc21. The van der Waals surface area contributed by atoms with E-state index in [1.54, 1.807) is 35.6 Å². The molecule has 2 aliphatic rings. The van der Waals surface area contributed by atoms with Gasteiger partial charge in [-0.25, -0.2) is 4.98 Å². The summed E-state index contributed by atoms with van der Waals surface area (Å²) in [6, 6.07) is 11.8. The highest BCUT2D eigenvalue weighted by Gasteiger charge is 2.35. The molecule has 10 nitrogen and oxygen atoms in total. The lowest BCUT2D eigenvalue weighted by molar-refractivity contribution is -0.138. The number of carbonyl (C=O) groups is 1. The summed E-state index contributed by atoms with van der Waals surface area (Å²) in [7, 11) is 2.01. The van der Waals surface area contributed by atoms with E-state index in [1.165, 1.54) is 6.07 Å². The fourth-order valence-corrected chi connectivity index (χ4v) is 6.62. The Morgan fingerprint density at radius 2 is 1.85 bits per heavy atom. The van der Waals surface area contributed by atoms with Gasteiger partial charge in [0.25, 0.3) is 0 Å². The molecule has 2 N–H and O–H groups in total. The van der Waals surface area contributed by atoms with Gasteiger partial charge in [0, 0.05) is 64.1 Å². The van der Waals surface area contributed by atoms with Crippen molar-refractivity contribution in [1.82, 2.24) is 39.8 Å². The molecule has 5 aromatic rings. The summed E-state index contributed by atoms with van der Waals surface area (Å²) in [5, 5.41) is 7.74. The Hall–Kier alpha value is -4.75. The molecule has 0 spiro atoms. The minimum absolute atomic E-state index is 0.00211. The van der Waals surface area contributed by atoms with E-state index in [0.29, 0.717) is 35.8 Å². The molecule has 13 heteroatoms. The molecule has 1 aromatic carbocycles. The number of carbonyl (C=O) groups excluding carboxylic acids is 1. The van der Waals surface area contributed by atoms with Crippen molar-refractivity contribution in [3.63, 3.8) is 0 Å². The molecule has 6 heterocycles. The minimum Gasteiger partial charge on any atom is -0.455 e. The molecule has 2 aliphatic heterocycles. The van der Waals surface area contributed by atoms with Gasteiger partial charge in [-0.1, -0.05) is 19.1 Å². The van der Waals surface area contributed by atoms with Crippen molar-refractivity contribution < 1.29 is 22.7 Å². The molecule has 1 amide bonds. The van der Waals surface area contributed by atoms with Crippen molar-refractivity contribution in [2.75, 3.05) is 39.8 Å². The molecule has 48 heavy (non-hydrogen) atoms. The first kappa shape index (κ1) is 31.8. The fourth-order valence-electron chi connectivity index (χ4n) is 6.62. The average Bonchev–Trinajstić information content (AvgIpc) is 3.77. The molecule has 1 atom stereocenters. The van der Waals surface area contributed by atoms with E-state index in [0.717, 1.165) is 66.7 Å². The van der Waals surface area contributed by atoms with Gasteiger partial charge in [-0.05, 0) is 60.5 Å². The summed E-state index contributed by atoms with van der Waals surface area (Å²) >= 11 is 0. The van der Waals surface area contributed by atoms with Gasteiger partial charge in [-0.2, -0.15) is 18.3 Å². The van der Waals surface area contributed by atoms with Crippen molar-refractivity contribution in [3.8, 4) is 22.9 Å². The maximum Gasteiger partial charge on any atom is 0.416 e. The number of nitrogens with one attached hydrogen (secondary N) is 2. The molecule has 0 unspecified atom stereocenters. The number of aromatic nitrogens is 5. The molecule has 0 bridgehead atoms. The zero-order chi connectivity index (χ0) is 33.4. The van der Waals surface area contributed by atoms with E-state index in [9.17, 15) is 18.0 Å². The Kier molecular flexibility index (Phi) is 8.65. The van der Waals surface area contributed by atoms with E-state index < -0.39 is 11.7 Å². The molecule has 7 rings (SSSR count). The number of halogens is 3. The maximum absolute atomic E-state index is 14.2. The van der Waals surface area contributed by atoms with Gasteiger partial charge < -0.3 is 19.5 Å². The van der Waals surface area contributed by atoms with E-state index in [2.05, 4.69) is 25.1 Å². The first-order chi connectivity index (χ1) is 23.1. The lowest BCUT2D eigenvalue weighted by atomic mass is 9.92. The highest BCUT2D eigenvalue weighted by atomic mass is 19.4. The first-order valence-electron chi connectivity index (χ1n) is 16.2. The zero-order valence-corrected chi connectivity index (χ0v) is 26.8. The summed E-state index contributed by atoms with van der Waals surface area (Å²) in [5.74, 6) is 0.883. The van der Waals surface area contributed by atoms with Crippen molar-refractivity contribution in [3.05, 3.63) is 89.0 Å². The monoisotopic (exact) mass is 658 g/mol. The van der Waals surface area contributed by atoms with E-state index >= 15 is 0 Å². The van der Waals surface area contributed by atoms with Crippen LogP contribution in [-0.4, -0.2) is 85.5 Å². The van der Waals surface area contributed by atoms with Gasteiger partial charge in [-0.15, -0.1) is 0 Å². The van der Waals surface area contributed by atoms with Gasteiger partial charge in [-0.3, -0.25) is 19.8 Å². The van der Waals surface area contributed by atoms with Gasteiger partial charge in [0.2, 0.25) is 5.91 Å². The zero-order valence-electron chi connectivity index (χ0n) is 26.8. The highest BCUT2D eigenvalue weighted by molar-refractivity contribution is 5.87. The molecule has 0 saturated carbocycles. The number of hydrogen-bond donors (Lipinski definition) is 2. The van der Waals surface area contributed by atoms with Gasteiger partial charge >= 0.3 is 6.18 Å². The third-order valence-corrected chi connectivity index (χ3v) is 9.35. The number of fused-ring (bicyclic) bond motifs is 2. The third kappa shape index (κ3) is 6.65. The van der Waals surface area contributed by atoms with Crippen LogP contribution in [0.2, 0.25) is 0 Å². The van der Waals surface area contributed by atoms with Crippen LogP contribution in [0.3, 0.4) is 0 Å². The summed E-state index contributed by atoms with van der Waals surface area (Å²) in [6.45, 7) is 6.10. The van der Waals surface area contributed by atoms with Crippen LogP contribution < -0.4 is 4.74 Å². The molecule has 1 saturated heterocycles. The standard InChI is InChI=1S/C35H37F3N8O2/c1-3-23-20-46(32(47)15-22-4-5-24(28(14-22)35(36,37)38)19-45-12-10-44(2)11-13-45)21-25-16-26(18-40-33(23)25)48-31-7-8-39-34-27(31)17-30(42-34)29-6-9-41-43-29/h4-9,14,16-18,23H,3,10-13,15,19-21H2,1-2H3,(H,39,42)(H,41,43)/t23-/m0/s1. The number of alkyl halides is 3. The lowest BCUT2D eigenvalue weighted by Crippen LogP contribution is -2.44. The number of aromatic amines is 2. The number of rotatable bonds is 8. The largest absolute Gasteiger partial charge is 0.455 e. The number of benzene rings is 1. The number of pyridine rings is 2. The Balaban J connectivity index is 1.08. The Morgan fingerprint density at radius 1 is 1.02 bits per heavy atom.